The van der Waals surface area contributed by atoms with Crippen LogP contribution in [0.4, 0.5) is 0 Å². The number of aryl methyl sites for hydroxylation is 1. The second kappa shape index (κ2) is 6.44. The first-order valence-electron chi connectivity index (χ1n) is 7.45. The smallest absolute Gasteiger partial charge is 0.253 e. The van der Waals surface area contributed by atoms with E-state index in [0.717, 1.165) is 30.4 Å². The SMILES string of the molecule is Cc1ccc(CN)cc1S(=O)(=O)NN1C(C)CCCC1C. The summed E-state index contributed by atoms with van der Waals surface area (Å²) in [7, 11) is -3.57. The molecule has 0 saturated carbocycles. The summed E-state index contributed by atoms with van der Waals surface area (Å²) in [5.74, 6) is 0. The number of nitrogens with two attached hydrogens (primary N) is 1. The number of nitrogens with one attached hydrogen (secondary N) is 1. The lowest BCUT2D eigenvalue weighted by molar-refractivity contribution is 0.0790. The Morgan fingerprint density at radius 3 is 2.48 bits per heavy atom. The minimum absolute atomic E-state index is 0.210. The molecule has 2 unspecified atom stereocenters. The first kappa shape index (κ1) is 16.4. The Labute approximate surface area is 127 Å². The molecule has 2 atom stereocenters. The van der Waals surface area contributed by atoms with Crippen LogP contribution in [-0.2, 0) is 16.6 Å². The van der Waals surface area contributed by atoms with Gasteiger partial charge in [0.25, 0.3) is 10.0 Å². The zero-order valence-electron chi connectivity index (χ0n) is 13.0. The summed E-state index contributed by atoms with van der Waals surface area (Å²) in [6, 6.07) is 5.75. The van der Waals surface area contributed by atoms with E-state index in [2.05, 4.69) is 18.7 Å². The number of hydrogen-bond donors (Lipinski definition) is 2. The predicted molar refractivity (Wildman–Crippen MR) is 84.0 cm³/mol. The van der Waals surface area contributed by atoms with Crippen molar-refractivity contribution in [1.82, 2.24) is 9.84 Å². The molecular formula is C15H25N3O2S. The van der Waals surface area contributed by atoms with Crippen LogP contribution in [0.2, 0.25) is 0 Å². The van der Waals surface area contributed by atoms with Gasteiger partial charge in [-0.15, -0.1) is 4.83 Å². The molecule has 3 N–H and O–H groups in total. The van der Waals surface area contributed by atoms with E-state index in [9.17, 15) is 8.42 Å². The Morgan fingerprint density at radius 1 is 1.29 bits per heavy atom. The predicted octanol–water partition coefficient (Wildman–Crippen LogP) is 1.91. The normalized spacial score (nSPS) is 24.2. The fourth-order valence-electron chi connectivity index (χ4n) is 2.85. The van der Waals surface area contributed by atoms with E-state index in [4.69, 9.17) is 5.73 Å². The van der Waals surface area contributed by atoms with Gasteiger partial charge in [0, 0.05) is 18.6 Å². The monoisotopic (exact) mass is 311 g/mol. The molecule has 118 valence electrons. The fourth-order valence-corrected chi connectivity index (χ4v) is 4.38. The van der Waals surface area contributed by atoms with Crippen LogP contribution in [0.1, 0.15) is 44.2 Å². The Hall–Kier alpha value is -0.950. The summed E-state index contributed by atoms with van der Waals surface area (Å²) >= 11 is 0. The summed E-state index contributed by atoms with van der Waals surface area (Å²) < 4.78 is 25.4. The molecule has 0 bridgehead atoms. The van der Waals surface area contributed by atoms with Crippen molar-refractivity contribution in [2.75, 3.05) is 0 Å². The van der Waals surface area contributed by atoms with Gasteiger partial charge in [-0.2, -0.15) is 0 Å². The lowest BCUT2D eigenvalue weighted by Crippen LogP contribution is -2.54. The van der Waals surface area contributed by atoms with Crippen molar-refractivity contribution in [3.63, 3.8) is 0 Å². The van der Waals surface area contributed by atoms with Crippen molar-refractivity contribution in [3.8, 4) is 0 Å². The van der Waals surface area contributed by atoms with Gasteiger partial charge in [0.1, 0.15) is 0 Å². The third kappa shape index (κ3) is 3.63. The minimum Gasteiger partial charge on any atom is -0.326 e. The van der Waals surface area contributed by atoms with E-state index in [1.54, 1.807) is 19.1 Å². The maximum absolute atomic E-state index is 12.7. The molecule has 0 aliphatic carbocycles. The summed E-state index contributed by atoms with van der Waals surface area (Å²) in [6.45, 7) is 6.25. The van der Waals surface area contributed by atoms with Crippen molar-refractivity contribution in [2.45, 2.75) is 63.6 Å². The van der Waals surface area contributed by atoms with Gasteiger partial charge in [-0.3, -0.25) is 0 Å². The molecule has 1 aromatic carbocycles. The second-order valence-corrected chi connectivity index (χ2v) is 7.56. The molecule has 1 aliphatic heterocycles. The highest BCUT2D eigenvalue weighted by atomic mass is 32.2. The summed E-state index contributed by atoms with van der Waals surface area (Å²) in [6.07, 6.45) is 3.16. The number of benzene rings is 1. The highest BCUT2D eigenvalue weighted by molar-refractivity contribution is 7.89. The largest absolute Gasteiger partial charge is 0.326 e. The average Bonchev–Trinajstić information content (AvgIpc) is 2.43. The van der Waals surface area contributed by atoms with E-state index >= 15 is 0 Å². The molecule has 1 fully saturated rings. The molecular weight excluding hydrogens is 286 g/mol. The quantitative estimate of drug-likeness (QED) is 0.890. The third-order valence-electron chi connectivity index (χ3n) is 4.20. The molecule has 0 amide bonds. The van der Waals surface area contributed by atoms with Crippen LogP contribution in [0.3, 0.4) is 0 Å². The van der Waals surface area contributed by atoms with Crippen molar-refractivity contribution in [3.05, 3.63) is 29.3 Å². The zero-order chi connectivity index (χ0) is 15.6. The molecule has 5 nitrogen and oxygen atoms in total. The molecule has 0 spiro atoms. The molecule has 2 rings (SSSR count). The van der Waals surface area contributed by atoms with Crippen molar-refractivity contribution in [2.24, 2.45) is 5.73 Å². The van der Waals surface area contributed by atoms with Crippen LogP contribution in [0, 0.1) is 6.92 Å². The second-order valence-electron chi connectivity index (χ2n) is 5.93. The molecule has 21 heavy (non-hydrogen) atoms. The molecule has 1 saturated heterocycles. The molecule has 1 aromatic rings. The van der Waals surface area contributed by atoms with Crippen LogP contribution >= 0.6 is 0 Å². The molecule has 6 heteroatoms. The highest BCUT2D eigenvalue weighted by Gasteiger charge is 2.29. The first-order valence-corrected chi connectivity index (χ1v) is 8.94. The topological polar surface area (TPSA) is 75.4 Å². The Bertz CT molecular complexity index is 591. The molecule has 1 aliphatic rings. The van der Waals surface area contributed by atoms with Crippen LogP contribution in [0.25, 0.3) is 0 Å². The van der Waals surface area contributed by atoms with Gasteiger partial charge in [0.15, 0.2) is 0 Å². The first-order chi connectivity index (χ1) is 9.85. The molecule has 1 heterocycles. The Balaban J connectivity index is 2.29. The minimum atomic E-state index is -3.57. The van der Waals surface area contributed by atoms with Gasteiger partial charge in [-0.1, -0.05) is 18.6 Å². The van der Waals surface area contributed by atoms with E-state index < -0.39 is 10.0 Å². The highest BCUT2D eigenvalue weighted by Crippen LogP contribution is 2.23. The van der Waals surface area contributed by atoms with Gasteiger partial charge in [-0.05, 0) is 50.8 Å². The zero-order valence-corrected chi connectivity index (χ0v) is 13.8. The molecule has 0 radical (unpaired) electrons. The van der Waals surface area contributed by atoms with Crippen LogP contribution in [0.15, 0.2) is 23.1 Å². The number of hydrazine groups is 1. The van der Waals surface area contributed by atoms with E-state index in [1.807, 2.05) is 11.1 Å². The van der Waals surface area contributed by atoms with E-state index in [1.165, 1.54) is 0 Å². The number of nitrogens with zero attached hydrogens (tertiary/aromatic N) is 1. The van der Waals surface area contributed by atoms with Crippen molar-refractivity contribution >= 4 is 10.0 Å². The number of hydrogen-bond acceptors (Lipinski definition) is 4. The standard InChI is InChI=1S/C15H25N3O2S/c1-11-7-8-14(10-16)9-15(11)21(19,20)17-18-12(2)5-4-6-13(18)3/h7-9,12-13,17H,4-6,10,16H2,1-3H3. The fraction of sp³-hybridized carbons (Fsp3) is 0.600. The van der Waals surface area contributed by atoms with Crippen LogP contribution in [-0.4, -0.2) is 25.5 Å². The number of rotatable bonds is 4. The summed E-state index contributed by atoms with van der Waals surface area (Å²) in [5, 5.41) is 1.87. The van der Waals surface area contributed by atoms with Gasteiger partial charge in [-0.25, -0.2) is 13.4 Å². The van der Waals surface area contributed by atoms with Crippen molar-refractivity contribution < 1.29 is 8.42 Å². The van der Waals surface area contributed by atoms with Crippen LogP contribution in [0.5, 0.6) is 0 Å². The van der Waals surface area contributed by atoms with Crippen LogP contribution < -0.4 is 10.6 Å². The molecule has 0 aromatic heterocycles. The van der Waals surface area contributed by atoms with Crippen molar-refractivity contribution in [1.29, 1.82) is 0 Å². The lowest BCUT2D eigenvalue weighted by Gasteiger charge is -2.38. The number of piperidine rings is 1. The van der Waals surface area contributed by atoms with E-state index in [0.29, 0.717) is 11.4 Å². The summed E-state index contributed by atoms with van der Waals surface area (Å²) in [4.78, 5) is 3.08. The third-order valence-corrected chi connectivity index (χ3v) is 5.67. The Morgan fingerprint density at radius 2 is 1.90 bits per heavy atom. The van der Waals surface area contributed by atoms with Gasteiger partial charge in [0.2, 0.25) is 0 Å². The van der Waals surface area contributed by atoms with Gasteiger partial charge >= 0.3 is 0 Å². The van der Waals surface area contributed by atoms with E-state index in [-0.39, 0.29) is 12.1 Å². The van der Waals surface area contributed by atoms with Gasteiger partial charge < -0.3 is 5.73 Å². The maximum Gasteiger partial charge on any atom is 0.253 e. The van der Waals surface area contributed by atoms with Gasteiger partial charge in [0.05, 0.1) is 4.90 Å². The maximum atomic E-state index is 12.7. The Kier molecular flexibility index (Phi) is 5.03. The average molecular weight is 311 g/mol. The number of sulfonamides is 1. The summed E-state index contributed by atoms with van der Waals surface area (Å²) in [5.41, 5.74) is 7.17. The lowest BCUT2D eigenvalue weighted by atomic mass is 10.0.